The Kier molecular flexibility index (Phi) is 9.20. The summed E-state index contributed by atoms with van der Waals surface area (Å²) in [5, 5.41) is 6.56. The lowest BCUT2D eigenvalue weighted by atomic mass is 10.3. The molecule has 0 bridgehead atoms. The Morgan fingerprint density at radius 1 is 1.15 bits per heavy atom. The lowest BCUT2D eigenvalue weighted by Crippen LogP contribution is -2.38. The summed E-state index contributed by atoms with van der Waals surface area (Å²) in [6, 6.07) is 9.13. The van der Waals surface area contributed by atoms with Gasteiger partial charge >= 0.3 is 0 Å². The van der Waals surface area contributed by atoms with E-state index in [9.17, 15) is 4.79 Å². The third kappa shape index (κ3) is 7.70. The Hall–Kier alpha value is -2.54. The highest BCUT2D eigenvalue weighted by Crippen LogP contribution is 2.01. The number of guanidine groups is 1. The van der Waals surface area contributed by atoms with E-state index in [1.807, 2.05) is 29.7 Å². The van der Waals surface area contributed by atoms with E-state index in [0.29, 0.717) is 13.2 Å². The minimum atomic E-state index is 0.0645. The van der Waals surface area contributed by atoms with Gasteiger partial charge in [-0.05, 0) is 44.4 Å². The van der Waals surface area contributed by atoms with Gasteiger partial charge in [0.15, 0.2) is 5.96 Å². The van der Waals surface area contributed by atoms with Gasteiger partial charge in [-0.1, -0.05) is 6.07 Å². The third-order valence-corrected chi connectivity index (χ3v) is 4.17. The summed E-state index contributed by atoms with van der Waals surface area (Å²) < 4.78 is 12.6. The first-order valence-electron chi connectivity index (χ1n) is 9.42. The normalized spacial score (nSPS) is 11.6. The standard InChI is InChI=1S/C20H30N4O3/c1-17-8-5-10-19(25)24(17)13-4-3-11-22-20(21-2)23-12-7-14-26-16-18-9-6-15-27-18/h5-6,8-10,15H,3-4,7,11-14,16H2,1-2H3,(H2,21,22,23). The van der Waals surface area contributed by atoms with Gasteiger partial charge in [0, 0.05) is 45.0 Å². The SMILES string of the molecule is CN=C(NCCCCn1c(C)cccc1=O)NCCCOCc1ccco1. The van der Waals surface area contributed by atoms with E-state index in [2.05, 4.69) is 15.6 Å². The molecule has 0 aromatic carbocycles. The van der Waals surface area contributed by atoms with Crippen molar-refractivity contribution in [2.24, 2.45) is 4.99 Å². The molecular formula is C20H30N4O3. The van der Waals surface area contributed by atoms with Gasteiger partial charge < -0.3 is 24.4 Å². The highest BCUT2D eigenvalue weighted by Gasteiger charge is 2.00. The van der Waals surface area contributed by atoms with Crippen LogP contribution in [-0.4, -0.2) is 37.3 Å². The van der Waals surface area contributed by atoms with Crippen LogP contribution in [0.2, 0.25) is 0 Å². The summed E-state index contributed by atoms with van der Waals surface area (Å²) in [6.07, 6.45) is 4.44. The highest BCUT2D eigenvalue weighted by molar-refractivity contribution is 5.79. The van der Waals surface area contributed by atoms with E-state index >= 15 is 0 Å². The summed E-state index contributed by atoms with van der Waals surface area (Å²) >= 11 is 0. The Balaban J connectivity index is 1.52. The number of aromatic nitrogens is 1. The molecule has 0 spiro atoms. The first-order valence-corrected chi connectivity index (χ1v) is 9.42. The van der Waals surface area contributed by atoms with Crippen molar-refractivity contribution >= 4 is 5.96 Å². The van der Waals surface area contributed by atoms with Gasteiger partial charge in [-0.2, -0.15) is 0 Å². The summed E-state index contributed by atoms with van der Waals surface area (Å²) in [6.45, 7) is 5.47. The molecule has 2 aromatic heterocycles. The molecule has 2 aromatic rings. The van der Waals surface area contributed by atoms with Crippen molar-refractivity contribution in [3.05, 3.63) is 58.4 Å². The molecule has 0 aliphatic rings. The summed E-state index contributed by atoms with van der Waals surface area (Å²) in [5.74, 6) is 1.63. The van der Waals surface area contributed by atoms with Gasteiger partial charge in [-0.15, -0.1) is 0 Å². The van der Waals surface area contributed by atoms with E-state index in [-0.39, 0.29) is 5.56 Å². The fourth-order valence-corrected chi connectivity index (χ4v) is 2.68. The zero-order valence-corrected chi connectivity index (χ0v) is 16.2. The average molecular weight is 374 g/mol. The summed E-state index contributed by atoms with van der Waals surface area (Å²) in [5.41, 5.74) is 1.07. The van der Waals surface area contributed by atoms with Crippen molar-refractivity contribution in [2.75, 3.05) is 26.7 Å². The Labute approximate surface area is 160 Å². The topological polar surface area (TPSA) is 80.8 Å². The largest absolute Gasteiger partial charge is 0.467 e. The molecule has 27 heavy (non-hydrogen) atoms. The minimum absolute atomic E-state index is 0.0645. The van der Waals surface area contributed by atoms with Gasteiger partial charge in [-0.3, -0.25) is 9.79 Å². The van der Waals surface area contributed by atoms with Gasteiger partial charge in [-0.25, -0.2) is 0 Å². The number of aliphatic imine (C=N–C) groups is 1. The molecule has 2 rings (SSSR count). The van der Waals surface area contributed by atoms with Crippen LogP contribution < -0.4 is 16.2 Å². The highest BCUT2D eigenvalue weighted by atomic mass is 16.5. The van der Waals surface area contributed by atoms with Crippen LogP contribution in [0.15, 0.2) is 50.8 Å². The van der Waals surface area contributed by atoms with Crippen LogP contribution in [0.4, 0.5) is 0 Å². The zero-order chi connectivity index (χ0) is 19.3. The molecule has 0 atom stereocenters. The number of hydrogen-bond donors (Lipinski definition) is 2. The molecular weight excluding hydrogens is 344 g/mol. The fraction of sp³-hybridized carbons (Fsp3) is 0.500. The van der Waals surface area contributed by atoms with E-state index < -0.39 is 0 Å². The maximum Gasteiger partial charge on any atom is 0.250 e. The van der Waals surface area contributed by atoms with Crippen LogP contribution in [0.3, 0.4) is 0 Å². The molecule has 0 aliphatic carbocycles. The molecule has 0 saturated carbocycles. The fourth-order valence-electron chi connectivity index (χ4n) is 2.68. The van der Waals surface area contributed by atoms with Crippen molar-refractivity contribution in [1.82, 2.24) is 15.2 Å². The number of hydrogen-bond acceptors (Lipinski definition) is 4. The number of ether oxygens (including phenoxy) is 1. The van der Waals surface area contributed by atoms with Crippen LogP contribution in [0.5, 0.6) is 0 Å². The number of unbranched alkanes of at least 4 members (excludes halogenated alkanes) is 1. The average Bonchev–Trinajstić information content (AvgIpc) is 3.18. The van der Waals surface area contributed by atoms with Gasteiger partial charge in [0.05, 0.1) is 6.26 Å². The quantitative estimate of drug-likeness (QED) is 0.358. The maximum absolute atomic E-state index is 11.8. The smallest absolute Gasteiger partial charge is 0.250 e. The first kappa shape index (κ1) is 20.8. The Morgan fingerprint density at radius 2 is 1.96 bits per heavy atom. The predicted octanol–water partition coefficient (Wildman–Crippen LogP) is 2.30. The second-order valence-electron chi connectivity index (χ2n) is 6.28. The van der Waals surface area contributed by atoms with Crippen LogP contribution in [0.25, 0.3) is 0 Å². The summed E-state index contributed by atoms with van der Waals surface area (Å²) in [7, 11) is 1.76. The van der Waals surface area contributed by atoms with Crippen LogP contribution >= 0.6 is 0 Å². The molecule has 2 heterocycles. The Bertz CT molecular complexity index is 738. The lowest BCUT2D eigenvalue weighted by molar-refractivity contribution is 0.105. The zero-order valence-electron chi connectivity index (χ0n) is 16.2. The minimum Gasteiger partial charge on any atom is -0.467 e. The predicted molar refractivity (Wildman–Crippen MR) is 107 cm³/mol. The van der Waals surface area contributed by atoms with Crippen molar-refractivity contribution < 1.29 is 9.15 Å². The van der Waals surface area contributed by atoms with E-state index in [4.69, 9.17) is 9.15 Å². The molecule has 7 heteroatoms. The van der Waals surface area contributed by atoms with Crippen molar-refractivity contribution in [3.63, 3.8) is 0 Å². The number of aryl methyl sites for hydroxylation is 1. The number of pyridine rings is 1. The molecule has 0 amide bonds. The second-order valence-corrected chi connectivity index (χ2v) is 6.28. The van der Waals surface area contributed by atoms with Crippen molar-refractivity contribution in [3.8, 4) is 0 Å². The van der Waals surface area contributed by atoms with Crippen LogP contribution in [-0.2, 0) is 17.9 Å². The molecule has 148 valence electrons. The Morgan fingerprint density at radius 3 is 2.67 bits per heavy atom. The van der Waals surface area contributed by atoms with E-state index in [1.165, 1.54) is 0 Å². The number of nitrogens with one attached hydrogen (secondary N) is 2. The molecule has 0 fully saturated rings. The molecule has 2 N–H and O–H groups in total. The third-order valence-electron chi connectivity index (χ3n) is 4.17. The monoisotopic (exact) mass is 374 g/mol. The molecule has 0 saturated heterocycles. The number of furan rings is 1. The van der Waals surface area contributed by atoms with Gasteiger partial charge in [0.2, 0.25) is 0 Å². The number of nitrogens with zero attached hydrogens (tertiary/aromatic N) is 2. The van der Waals surface area contributed by atoms with E-state index in [0.717, 1.165) is 56.3 Å². The second kappa shape index (κ2) is 12.0. The van der Waals surface area contributed by atoms with Crippen molar-refractivity contribution in [1.29, 1.82) is 0 Å². The molecule has 0 unspecified atom stereocenters. The van der Waals surface area contributed by atoms with E-state index in [1.54, 1.807) is 25.4 Å². The molecule has 0 aliphatic heterocycles. The maximum atomic E-state index is 11.8. The van der Waals surface area contributed by atoms with Crippen LogP contribution in [0.1, 0.15) is 30.7 Å². The molecule has 0 radical (unpaired) electrons. The number of rotatable bonds is 11. The van der Waals surface area contributed by atoms with Crippen molar-refractivity contribution in [2.45, 2.75) is 39.3 Å². The lowest BCUT2D eigenvalue weighted by Gasteiger charge is -2.12. The first-order chi connectivity index (χ1) is 13.2. The summed E-state index contributed by atoms with van der Waals surface area (Å²) in [4.78, 5) is 16.0. The van der Waals surface area contributed by atoms with Crippen LogP contribution in [0, 0.1) is 6.92 Å². The molecule has 7 nitrogen and oxygen atoms in total. The van der Waals surface area contributed by atoms with Gasteiger partial charge in [0.1, 0.15) is 12.4 Å². The van der Waals surface area contributed by atoms with Gasteiger partial charge in [0.25, 0.3) is 5.56 Å².